The Hall–Kier alpha value is -1.42. The highest BCUT2D eigenvalue weighted by Gasteiger charge is 2.47. The molecule has 0 aromatic rings. The molecule has 2 aliphatic heterocycles. The van der Waals surface area contributed by atoms with Crippen LogP contribution in [0, 0.1) is 0 Å². The third-order valence-electron chi connectivity index (χ3n) is 2.71. The fourth-order valence-electron chi connectivity index (χ4n) is 1.77. The summed E-state index contributed by atoms with van der Waals surface area (Å²) in [6.07, 6.45) is -4.53. The Morgan fingerprint density at radius 2 is 2.24 bits per heavy atom. The molecule has 0 aromatic carbocycles. The number of ether oxygens (including phenoxy) is 1. The van der Waals surface area contributed by atoms with Gasteiger partial charge in [0.25, 0.3) is 0 Å². The number of carbonyl (C=O) groups excluding carboxylic acids is 1. The van der Waals surface area contributed by atoms with Gasteiger partial charge < -0.3 is 25.8 Å². The Kier molecular flexibility index (Phi) is 3.15. The van der Waals surface area contributed by atoms with E-state index in [2.05, 4.69) is 10.3 Å². The third kappa shape index (κ3) is 2.05. The molecular weight excluding hydrogens is 232 g/mol. The van der Waals surface area contributed by atoms with Crippen molar-refractivity contribution >= 4 is 12.0 Å². The van der Waals surface area contributed by atoms with Gasteiger partial charge in [0.05, 0.1) is 6.61 Å². The van der Waals surface area contributed by atoms with Crippen LogP contribution in [0.3, 0.4) is 0 Å². The normalized spacial score (nSPS) is 37.9. The van der Waals surface area contributed by atoms with E-state index in [1.54, 1.807) is 0 Å². The second-order valence-electron chi connectivity index (χ2n) is 3.81. The smallest absolute Gasteiger partial charge is 0.327 e. The average Bonchev–Trinajstić information content (AvgIpc) is 2.57. The number of urea groups is 1. The Bertz CT molecular complexity index is 349. The maximum atomic E-state index is 11.6. The summed E-state index contributed by atoms with van der Waals surface area (Å²) in [7, 11) is 0. The zero-order valence-corrected chi connectivity index (χ0v) is 8.85. The second kappa shape index (κ2) is 4.45. The van der Waals surface area contributed by atoms with Gasteiger partial charge in [-0.3, -0.25) is 10.2 Å². The molecule has 2 rings (SSSR count). The monoisotopic (exact) mass is 246 g/mol. The molecule has 0 unspecified atom stereocenters. The fraction of sp³-hybridized carbons (Fsp3) is 0.750. The van der Waals surface area contributed by atoms with Crippen molar-refractivity contribution in [2.45, 2.75) is 24.5 Å². The van der Waals surface area contributed by atoms with E-state index in [-0.39, 0.29) is 12.6 Å². The Balaban J connectivity index is 2.11. The zero-order chi connectivity index (χ0) is 12.6. The number of nitrogens with two attached hydrogens (primary N) is 1. The quantitative estimate of drug-likeness (QED) is 0.346. The molecule has 1 fully saturated rings. The van der Waals surface area contributed by atoms with Crippen LogP contribution in [-0.4, -0.2) is 70.0 Å². The van der Waals surface area contributed by atoms with E-state index in [1.807, 2.05) is 0 Å². The first kappa shape index (κ1) is 12.0. The van der Waals surface area contributed by atoms with Gasteiger partial charge in [-0.05, 0) is 0 Å². The highest BCUT2D eigenvalue weighted by molar-refractivity contribution is 5.96. The van der Waals surface area contributed by atoms with Gasteiger partial charge in [-0.2, -0.15) is 0 Å². The van der Waals surface area contributed by atoms with Crippen molar-refractivity contribution in [1.29, 1.82) is 0 Å². The molecule has 9 heteroatoms. The second-order valence-corrected chi connectivity index (χ2v) is 3.81. The molecule has 0 spiro atoms. The number of aliphatic hydroxyl groups excluding tert-OH is 3. The van der Waals surface area contributed by atoms with Crippen LogP contribution in [0.2, 0.25) is 0 Å². The van der Waals surface area contributed by atoms with Crippen molar-refractivity contribution in [3.8, 4) is 0 Å². The molecule has 2 heterocycles. The number of carbonyl (C=O) groups is 1. The van der Waals surface area contributed by atoms with Gasteiger partial charge >= 0.3 is 6.03 Å². The van der Waals surface area contributed by atoms with Crippen molar-refractivity contribution in [1.82, 2.24) is 10.2 Å². The van der Waals surface area contributed by atoms with E-state index in [1.165, 1.54) is 0 Å². The number of amides is 2. The summed E-state index contributed by atoms with van der Waals surface area (Å²) in [6.45, 7) is -0.528. The maximum Gasteiger partial charge on any atom is 0.327 e. The van der Waals surface area contributed by atoms with Crippen LogP contribution in [-0.2, 0) is 4.74 Å². The minimum absolute atomic E-state index is 0.0157. The molecular formula is C8H14N4O5. The van der Waals surface area contributed by atoms with E-state index >= 15 is 0 Å². The highest BCUT2D eigenvalue weighted by Crippen LogP contribution is 2.24. The molecule has 1 saturated heterocycles. The lowest BCUT2D eigenvalue weighted by Crippen LogP contribution is -2.56. The van der Waals surface area contributed by atoms with Crippen LogP contribution in [0.15, 0.2) is 4.99 Å². The van der Waals surface area contributed by atoms with Crippen LogP contribution in [0.4, 0.5) is 4.79 Å². The highest BCUT2D eigenvalue weighted by atomic mass is 16.6. The number of guanidine groups is 1. The molecule has 6 N–H and O–H groups in total. The average molecular weight is 246 g/mol. The SMILES string of the molecule is NC1=NCN([C@@H]2O[C@H](CO)[C@@H](O)[C@@H]2O)C(=O)N1. The molecule has 2 amide bonds. The maximum absolute atomic E-state index is 11.6. The molecule has 9 nitrogen and oxygen atoms in total. The largest absolute Gasteiger partial charge is 0.394 e. The lowest BCUT2D eigenvalue weighted by atomic mass is 10.1. The van der Waals surface area contributed by atoms with Crippen molar-refractivity contribution in [3.63, 3.8) is 0 Å². The first-order chi connectivity index (χ1) is 8.04. The van der Waals surface area contributed by atoms with Crippen LogP contribution in [0.25, 0.3) is 0 Å². The van der Waals surface area contributed by atoms with Gasteiger partial charge in [0.1, 0.15) is 25.0 Å². The van der Waals surface area contributed by atoms with Gasteiger partial charge in [0.2, 0.25) is 0 Å². The van der Waals surface area contributed by atoms with Gasteiger partial charge in [0.15, 0.2) is 12.2 Å². The van der Waals surface area contributed by atoms with Crippen molar-refractivity contribution < 1.29 is 24.9 Å². The van der Waals surface area contributed by atoms with Gasteiger partial charge in [0, 0.05) is 0 Å². The van der Waals surface area contributed by atoms with Crippen molar-refractivity contribution in [3.05, 3.63) is 0 Å². The standard InChI is InChI=1S/C8H14N4O5/c9-7-10-2-12(8(16)11-7)6-5(15)4(14)3(1-13)17-6/h3-6,13-15H,1-2H2,(H3,9,10,11,16)/t3-,4-,5+,6-/m1/s1. The molecule has 4 atom stereocenters. The van der Waals surface area contributed by atoms with E-state index < -0.39 is 37.2 Å². The van der Waals surface area contributed by atoms with Crippen LogP contribution < -0.4 is 11.1 Å². The Morgan fingerprint density at radius 3 is 2.76 bits per heavy atom. The van der Waals surface area contributed by atoms with E-state index in [9.17, 15) is 15.0 Å². The number of nitrogens with one attached hydrogen (secondary N) is 1. The predicted octanol–water partition coefficient (Wildman–Crippen LogP) is -3.28. The number of rotatable bonds is 2. The Labute approximate surface area is 96.5 Å². The molecule has 0 saturated carbocycles. The molecule has 0 aliphatic carbocycles. The van der Waals surface area contributed by atoms with E-state index in [4.69, 9.17) is 15.6 Å². The van der Waals surface area contributed by atoms with E-state index in [0.29, 0.717) is 0 Å². The summed E-state index contributed by atoms with van der Waals surface area (Å²) in [5, 5.41) is 30.4. The summed E-state index contributed by atoms with van der Waals surface area (Å²) < 4.78 is 5.19. The topological polar surface area (TPSA) is 141 Å². The summed E-state index contributed by atoms with van der Waals surface area (Å²) in [4.78, 5) is 16.4. The predicted molar refractivity (Wildman–Crippen MR) is 54.6 cm³/mol. The number of hydrogen-bond donors (Lipinski definition) is 5. The summed E-state index contributed by atoms with van der Waals surface area (Å²) in [6, 6.07) is -0.577. The third-order valence-corrected chi connectivity index (χ3v) is 2.71. The number of aliphatic hydroxyl groups is 3. The molecule has 17 heavy (non-hydrogen) atoms. The lowest BCUT2D eigenvalue weighted by molar-refractivity contribution is -0.0787. The summed E-state index contributed by atoms with van der Waals surface area (Å²) >= 11 is 0. The molecule has 96 valence electrons. The molecule has 0 radical (unpaired) electrons. The summed E-state index contributed by atoms with van der Waals surface area (Å²) in [5.74, 6) is -0.0157. The molecule has 0 aromatic heterocycles. The van der Waals surface area contributed by atoms with Gasteiger partial charge in [-0.25, -0.2) is 9.79 Å². The fourth-order valence-corrected chi connectivity index (χ4v) is 1.77. The van der Waals surface area contributed by atoms with Crippen LogP contribution in [0.1, 0.15) is 0 Å². The minimum Gasteiger partial charge on any atom is -0.394 e. The first-order valence-corrected chi connectivity index (χ1v) is 5.04. The van der Waals surface area contributed by atoms with Gasteiger partial charge in [-0.15, -0.1) is 0 Å². The van der Waals surface area contributed by atoms with Crippen molar-refractivity contribution in [2.75, 3.05) is 13.3 Å². The van der Waals surface area contributed by atoms with Gasteiger partial charge in [-0.1, -0.05) is 0 Å². The minimum atomic E-state index is -1.30. The number of nitrogens with zero attached hydrogens (tertiary/aromatic N) is 2. The number of aliphatic imine (C=N–C) groups is 1. The molecule has 0 bridgehead atoms. The Morgan fingerprint density at radius 1 is 1.53 bits per heavy atom. The molecule has 2 aliphatic rings. The van der Waals surface area contributed by atoms with Crippen LogP contribution in [0.5, 0.6) is 0 Å². The summed E-state index contributed by atoms with van der Waals surface area (Å²) in [5.41, 5.74) is 5.30. The zero-order valence-electron chi connectivity index (χ0n) is 8.85. The first-order valence-electron chi connectivity index (χ1n) is 5.04. The van der Waals surface area contributed by atoms with Crippen LogP contribution >= 0.6 is 0 Å². The van der Waals surface area contributed by atoms with Crippen molar-refractivity contribution in [2.24, 2.45) is 10.7 Å². The van der Waals surface area contributed by atoms with E-state index in [0.717, 1.165) is 4.90 Å². The number of hydrogen-bond acceptors (Lipinski definition) is 7. The lowest BCUT2D eigenvalue weighted by Gasteiger charge is -2.31.